The van der Waals surface area contributed by atoms with Crippen LogP contribution in [0.4, 0.5) is 4.39 Å². The standard InChI is InChI=1S/C19H25FN2O5S/c1-13(11-14-7-8-16(25-2)18(12-14)28(21,23)24)22-9-10-27-17-6-4-5-15(20)19(17)26-3/h4-8,12-13,22H,9-11H2,1-3H3,(H2,21,23,24). The Morgan fingerprint density at radius 2 is 1.89 bits per heavy atom. The summed E-state index contributed by atoms with van der Waals surface area (Å²) < 4.78 is 52.6. The summed E-state index contributed by atoms with van der Waals surface area (Å²) in [6.07, 6.45) is 0.579. The lowest BCUT2D eigenvalue weighted by Crippen LogP contribution is -2.32. The van der Waals surface area contributed by atoms with E-state index < -0.39 is 15.8 Å². The van der Waals surface area contributed by atoms with Crippen molar-refractivity contribution in [1.82, 2.24) is 5.32 Å². The fraction of sp³-hybridized carbons (Fsp3) is 0.368. The van der Waals surface area contributed by atoms with E-state index >= 15 is 0 Å². The van der Waals surface area contributed by atoms with Crippen LogP contribution in [0.3, 0.4) is 0 Å². The second kappa shape index (κ2) is 9.72. The van der Waals surface area contributed by atoms with E-state index in [9.17, 15) is 12.8 Å². The fourth-order valence-electron chi connectivity index (χ4n) is 2.76. The number of nitrogens with two attached hydrogens (primary N) is 1. The molecule has 0 aliphatic rings. The highest BCUT2D eigenvalue weighted by Gasteiger charge is 2.16. The lowest BCUT2D eigenvalue weighted by Gasteiger charge is -2.16. The van der Waals surface area contributed by atoms with Gasteiger partial charge in [-0.3, -0.25) is 0 Å². The first kappa shape index (κ1) is 21.9. The topological polar surface area (TPSA) is 99.9 Å². The highest BCUT2D eigenvalue weighted by molar-refractivity contribution is 7.89. The molecule has 2 rings (SSSR count). The van der Waals surface area contributed by atoms with E-state index in [1.165, 1.54) is 26.4 Å². The van der Waals surface area contributed by atoms with Gasteiger partial charge in [-0.15, -0.1) is 0 Å². The summed E-state index contributed by atoms with van der Waals surface area (Å²) in [7, 11) is -1.10. The molecule has 0 saturated heterocycles. The van der Waals surface area contributed by atoms with Crippen LogP contribution in [-0.4, -0.2) is 41.8 Å². The Labute approximate surface area is 164 Å². The summed E-state index contributed by atoms with van der Waals surface area (Å²) in [4.78, 5) is -0.0405. The van der Waals surface area contributed by atoms with Crippen LogP contribution in [0.1, 0.15) is 12.5 Å². The molecule has 0 bridgehead atoms. The highest BCUT2D eigenvalue weighted by atomic mass is 32.2. The van der Waals surface area contributed by atoms with E-state index in [0.717, 1.165) is 5.56 Å². The first-order chi connectivity index (χ1) is 13.3. The average Bonchev–Trinajstić information content (AvgIpc) is 2.64. The predicted octanol–water partition coefficient (Wildman–Crippen LogP) is 2.09. The van der Waals surface area contributed by atoms with Crippen LogP contribution in [0.5, 0.6) is 17.2 Å². The molecule has 0 saturated carbocycles. The van der Waals surface area contributed by atoms with E-state index in [4.69, 9.17) is 19.3 Å². The number of rotatable bonds is 10. The van der Waals surface area contributed by atoms with E-state index in [1.807, 2.05) is 6.92 Å². The second-order valence-electron chi connectivity index (χ2n) is 6.21. The minimum absolute atomic E-state index is 0.0405. The smallest absolute Gasteiger partial charge is 0.241 e. The lowest BCUT2D eigenvalue weighted by molar-refractivity contribution is 0.281. The third-order valence-corrected chi connectivity index (χ3v) is 5.00. The number of hydrogen-bond donors (Lipinski definition) is 2. The number of benzene rings is 2. The fourth-order valence-corrected chi connectivity index (χ4v) is 3.51. The minimum Gasteiger partial charge on any atom is -0.495 e. The molecule has 154 valence electrons. The van der Waals surface area contributed by atoms with Crippen LogP contribution >= 0.6 is 0 Å². The quantitative estimate of drug-likeness (QED) is 0.580. The van der Waals surface area contributed by atoms with Crippen molar-refractivity contribution in [2.24, 2.45) is 5.14 Å². The maximum atomic E-state index is 13.6. The van der Waals surface area contributed by atoms with Crippen molar-refractivity contribution in [3.8, 4) is 17.2 Å². The molecule has 28 heavy (non-hydrogen) atoms. The summed E-state index contributed by atoms with van der Waals surface area (Å²) in [5, 5.41) is 8.51. The zero-order valence-electron chi connectivity index (χ0n) is 16.1. The van der Waals surface area contributed by atoms with E-state index in [-0.39, 0.29) is 22.4 Å². The Morgan fingerprint density at radius 3 is 2.54 bits per heavy atom. The van der Waals surface area contributed by atoms with Gasteiger partial charge in [-0.1, -0.05) is 12.1 Å². The molecule has 1 unspecified atom stereocenters. The number of ether oxygens (including phenoxy) is 3. The first-order valence-corrected chi connectivity index (χ1v) is 10.2. The number of halogens is 1. The van der Waals surface area contributed by atoms with Gasteiger partial charge in [0.25, 0.3) is 0 Å². The molecule has 9 heteroatoms. The van der Waals surface area contributed by atoms with E-state index in [2.05, 4.69) is 5.32 Å². The number of sulfonamides is 1. The summed E-state index contributed by atoms with van der Waals surface area (Å²) in [6, 6.07) is 9.42. The monoisotopic (exact) mass is 412 g/mol. The van der Waals surface area contributed by atoms with Gasteiger partial charge in [0.05, 0.1) is 14.2 Å². The zero-order chi connectivity index (χ0) is 20.7. The third kappa shape index (κ3) is 5.82. The third-order valence-electron chi connectivity index (χ3n) is 4.06. The maximum absolute atomic E-state index is 13.6. The van der Waals surface area contributed by atoms with Crippen LogP contribution in [0.2, 0.25) is 0 Å². The Kier molecular flexibility index (Phi) is 7.61. The Balaban J connectivity index is 1.90. The number of nitrogens with one attached hydrogen (secondary N) is 1. The largest absolute Gasteiger partial charge is 0.495 e. The molecule has 0 fully saturated rings. The van der Waals surface area contributed by atoms with Crippen molar-refractivity contribution in [3.63, 3.8) is 0 Å². The predicted molar refractivity (Wildman–Crippen MR) is 104 cm³/mol. The number of hydrogen-bond acceptors (Lipinski definition) is 6. The summed E-state index contributed by atoms with van der Waals surface area (Å²) in [6.45, 7) is 2.79. The van der Waals surface area contributed by atoms with Gasteiger partial charge < -0.3 is 19.5 Å². The summed E-state index contributed by atoms with van der Waals surface area (Å²) in [5.41, 5.74) is 0.803. The van der Waals surface area contributed by atoms with E-state index in [1.54, 1.807) is 24.3 Å². The molecule has 7 nitrogen and oxygen atoms in total. The number of para-hydroxylation sites is 1. The van der Waals surface area contributed by atoms with Gasteiger partial charge >= 0.3 is 0 Å². The van der Waals surface area contributed by atoms with Crippen LogP contribution in [0, 0.1) is 5.82 Å². The molecule has 0 aliphatic carbocycles. The second-order valence-corrected chi connectivity index (χ2v) is 7.74. The molecule has 0 heterocycles. The highest BCUT2D eigenvalue weighted by Crippen LogP contribution is 2.29. The molecule has 2 aromatic rings. The van der Waals surface area contributed by atoms with Crippen LogP contribution < -0.4 is 24.7 Å². The van der Waals surface area contributed by atoms with Crippen LogP contribution in [0.15, 0.2) is 41.3 Å². The maximum Gasteiger partial charge on any atom is 0.241 e. The lowest BCUT2D eigenvalue weighted by atomic mass is 10.1. The molecule has 3 N–H and O–H groups in total. The molecule has 0 aromatic heterocycles. The van der Waals surface area contributed by atoms with Crippen molar-refractivity contribution < 1.29 is 27.0 Å². The average molecular weight is 412 g/mol. The Hall–Kier alpha value is -2.36. The van der Waals surface area contributed by atoms with Gasteiger partial charge in [0, 0.05) is 12.6 Å². The van der Waals surface area contributed by atoms with Crippen molar-refractivity contribution >= 4 is 10.0 Å². The molecule has 0 amide bonds. The zero-order valence-corrected chi connectivity index (χ0v) is 16.9. The number of primary sulfonamides is 1. The Morgan fingerprint density at radius 1 is 1.14 bits per heavy atom. The van der Waals surface area contributed by atoms with Crippen molar-refractivity contribution in [2.45, 2.75) is 24.3 Å². The molecule has 0 aliphatic heterocycles. The minimum atomic E-state index is -3.87. The molecule has 0 spiro atoms. The normalized spacial score (nSPS) is 12.5. The molecule has 0 radical (unpaired) electrons. The van der Waals surface area contributed by atoms with Gasteiger partial charge in [-0.25, -0.2) is 17.9 Å². The molecule has 2 aromatic carbocycles. The van der Waals surface area contributed by atoms with Crippen LogP contribution in [-0.2, 0) is 16.4 Å². The van der Waals surface area contributed by atoms with Crippen molar-refractivity contribution in [3.05, 3.63) is 47.8 Å². The van der Waals surface area contributed by atoms with Crippen LogP contribution in [0.25, 0.3) is 0 Å². The first-order valence-electron chi connectivity index (χ1n) is 8.64. The molecular formula is C19H25FN2O5S. The van der Waals surface area contributed by atoms with Gasteiger partial charge in [0.1, 0.15) is 17.3 Å². The van der Waals surface area contributed by atoms with Crippen molar-refractivity contribution in [2.75, 3.05) is 27.4 Å². The summed E-state index contributed by atoms with van der Waals surface area (Å²) >= 11 is 0. The van der Waals surface area contributed by atoms with Gasteiger partial charge in [0.15, 0.2) is 17.3 Å². The van der Waals surface area contributed by atoms with Crippen molar-refractivity contribution in [1.29, 1.82) is 0 Å². The van der Waals surface area contributed by atoms with Gasteiger partial charge in [-0.2, -0.15) is 0 Å². The summed E-state index contributed by atoms with van der Waals surface area (Å²) in [5.74, 6) is 0.144. The van der Waals surface area contributed by atoms with Gasteiger partial charge in [-0.05, 0) is 43.2 Å². The molecular weight excluding hydrogens is 387 g/mol. The SMILES string of the molecule is COc1ccc(CC(C)NCCOc2cccc(F)c2OC)cc1S(N)(=O)=O. The Bertz CT molecular complexity index is 905. The van der Waals surface area contributed by atoms with Gasteiger partial charge in [0.2, 0.25) is 10.0 Å². The van der Waals surface area contributed by atoms with E-state index in [0.29, 0.717) is 25.3 Å². The molecule has 1 atom stereocenters. The number of methoxy groups -OCH3 is 2.